The van der Waals surface area contributed by atoms with Crippen LogP contribution in [0.1, 0.15) is 16.7 Å². The number of ether oxygens (including phenoxy) is 1. The summed E-state index contributed by atoms with van der Waals surface area (Å²) >= 11 is 5.86. The summed E-state index contributed by atoms with van der Waals surface area (Å²) in [6.45, 7) is 1.26. The van der Waals surface area contributed by atoms with Gasteiger partial charge in [-0.1, -0.05) is 17.7 Å². The first kappa shape index (κ1) is 15.7. The van der Waals surface area contributed by atoms with Gasteiger partial charge in [0.05, 0.1) is 12.2 Å². The average Bonchev–Trinajstić information content (AvgIpc) is 2.42. The molecule has 112 valence electrons. The fourth-order valence-corrected chi connectivity index (χ4v) is 1.91. The average molecular weight is 317 g/mol. The van der Waals surface area contributed by atoms with Crippen LogP contribution in [0.3, 0.4) is 0 Å². The summed E-state index contributed by atoms with van der Waals surface area (Å²) in [6.07, 6.45) is -4.57. The highest BCUT2D eigenvalue weighted by Gasteiger charge is 2.34. The topological polar surface area (TPSA) is 29.5 Å². The van der Waals surface area contributed by atoms with Crippen molar-refractivity contribution in [1.29, 1.82) is 0 Å². The lowest BCUT2D eigenvalue weighted by Gasteiger charge is -2.15. The summed E-state index contributed by atoms with van der Waals surface area (Å²) < 4.78 is 44.4. The van der Waals surface area contributed by atoms with E-state index >= 15 is 0 Å². The Morgan fingerprint density at radius 2 is 1.86 bits per heavy atom. The molecule has 2 aromatic carbocycles. The summed E-state index contributed by atoms with van der Waals surface area (Å²) in [6, 6.07) is 8.06. The molecule has 0 aliphatic heterocycles. The van der Waals surface area contributed by atoms with E-state index in [0.717, 1.165) is 6.07 Å². The Balaban J connectivity index is 2.41. The molecule has 1 N–H and O–H groups in total. The quantitative estimate of drug-likeness (QED) is 0.868. The van der Waals surface area contributed by atoms with Crippen molar-refractivity contribution in [3.63, 3.8) is 0 Å². The molecule has 2 rings (SSSR count). The summed E-state index contributed by atoms with van der Waals surface area (Å²) in [5.41, 5.74) is -0.0571. The Morgan fingerprint density at radius 1 is 1.14 bits per heavy atom. The van der Waals surface area contributed by atoms with Gasteiger partial charge in [0.15, 0.2) is 0 Å². The van der Waals surface area contributed by atoms with E-state index in [2.05, 4.69) is 0 Å². The molecule has 0 heterocycles. The van der Waals surface area contributed by atoms with E-state index in [9.17, 15) is 13.2 Å². The molecular weight excluding hydrogens is 305 g/mol. The van der Waals surface area contributed by atoms with Gasteiger partial charge >= 0.3 is 6.18 Å². The normalized spacial score (nSPS) is 11.5. The van der Waals surface area contributed by atoms with Crippen molar-refractivity contribution in [3.05, 3.63) is 58.1 Å². The summed E-state index contributed by atoms with van der Waals surface area (Å²) in [5, 5.41) is 9.46. The van der Waals surface area contributed by atoms with Gasteiger partial charge in [0, 0.05) is 5.02 Å². The third-order valence-electron chi connectivity index (χ3n) is 2.89. The Hall–Kier alpha value is -1.72. The van der Waals surface area contributed by atoms with Crippen LogP contribution in [0.4, 0.5) is 13.2 Å². The highest BCUT2D eigenvalue weighted by atomic mass is 35.5. The first-order chi connectivity index (χ1) is 9.81. The first-order valence-electron chi connectivity index (χ1n) is 6.06. The van der Waals surface area contributed by atoms with Crippen molar-refractivity contribution in [1.82, 2.24) is 0 Å². The number of hydrogen-bond donors (Lipinski definition) is 1. The molecule has 2 nitrogen and oxygen atoms in total. The van der Waals surface area contributed by atoms with E-state index in [1.54, 1.807) is 19.1 Å². The lowest BCUT2D eigenvalue weighted by molar-refractivity contribution is -0.138. The van der Waals surface area contributed by atoms with Gasteiger partial charge in [-0.3, -0.25) is 0 Å². The van der Waals surface area contributed by atoms with Gasteiger partial charge in [-0.2, -0.15) is 13.2 Å². The van der Waals surface area contributed by atoms with Crippen LogP contribution >= 0.6 is 11.6 Å². The van der Waals surface area contributed by atoms with Crippen LogP contribution in [0.5, 0.6) is 11.5 Å². The first-order valence-corrected chi connectivity index (χ1v) is 6.44. The maximum absolute atomic E-state index is 13.0. The number of hydrogen-bond acceptors (Lipinski definition) is 2. The minimum Gasteiger partial charge on any atom is -0.457 e. The molecule has 0 unspecified atom stereocenters. The third kappa shape index (κ3) is 3.68. The molecule has 2 aromatic rings. The lowest BCUT2D eigenvalue weighted by Crippen LogP contribution is -2.08. The summed E-state index contributed by atoms with van der Waals surface area (Å²) in [4.78, 5) is 0. The van der Waals surface area contributed by atoms with Crippen LogP contribution in [-0.4, -0.2) is 5.11 Å². The van der Waals surface area contributed by atoms with Gasteiger partial charge in [0.1, 0.15) is 11.5 Å². The molecular formula is C15H12ClF3O2. The van der Waals surface area contributed by atoms with Gasteiger partial charge in [0.2, 0.25) is 0 Å². The standard InChI is InChI=1S/C15H12ClF3O2/c1-9-6-11(3-4-13(9)16)21-14-5-2-10(8-20)7-12(14)15(17,18)19/h2-7,20H,8H2,1H3. The summed E-state index contributed by atoms with van der Waals surface area (Å²) in [5.74, 6) is -0.0550. The molecule has 0 bridgehead atoms. The summed E-state index contributed by atoms with van der Waals surface area (Å²) in [7, 11) is 0. The number of aliphatic hydroxyl groups excluding tert-OH is 1. The highest BCUT2D eigenvalue weighted by Crippen LogP contribution is 2.39. The highest BCUT2D eigenvalue weighted by molar-refractivity contribution is 6.31. The van der Waals surface area contributed by atoms with Gasteiger partial charge in [-0.05, 0) is 48.4 Å². The van der Waals surface area contributed by atoms with E-state index in [1.165, 1.54) is 18.2 Å². The van der Waals surface area contributed by atoms with E-state index < -0.39 is 18.3 Å². The zero-order valence-electron chi connectivity index (χ0n) is 11.0. The maximum atomic E-state index is 13.0. The fraction of sp³-hybridized carbons (Fsp3) is 0.200. The van der Waals surface area contributed by atoms with Crippen molar-refractivity contribution >= 4 is 11.6 Å². The number of benzene rings is 2. The van der Waals surface area contributed by atoms with Crippen LogP contribution < -0.4 is 4.74 Å². The molecule has 0 saturated heterocycles. The Morgan fingerprint density at radius 3 is 2.43 bits per heavy atom. The molecule has 0 aliphatic carbocycles. The SMILES string of the molecule is Cc1cc(Oc2ccc(CO)cc2C(F)(F)F)ccc1Cl. The zero-order valence-corrected chi connectivity index (χ0v) is 11.8. The molecule has 0 aromatic heterocycles. The monoisotopic (exact) mass is 316 g/mol. The molecule has 0 amide bonds. The van der Waals surface area contributed by atoms with Crippen LogP contribution in [0, 0.1) is 6.92 Å². The number of halogens is 4. The van der Waals surface area contributed by atoms with Crippen LogP contribution in [-0.2, 0) is 12.8 Å². The van der Waals surface area contributed by atoms with Gasteiger partial charge in [0.25, 0.3) is 0 Å². The maximum Gasteiger partial charge on any atom is 0.419 e. The number of rotatable bonds is 3. The lowest BCUT2D eigenvalue weighted by atomic mass is 10.1. The predicted molar refractivity (Wildman–Crippen MR) is 73.6 cm³/mol. The Bertz CT molecular complexity index is 654. The number of alkyl halides is 3. The second kappa shape index (κ2) is 5.95. The number of aliphatic hydroxyl groups is 1. The van der Waals surface area contributed by atoms with Crippen LogP contribution in [0.25, 0.3) is 0 Å². The minimum absolute atomic E-state index is 0.168. The second-order valence-corrected chi connectivity index (χ2v) is 4.91. The molecule has 6 heteroatoms. The van der Waals surface area contributed by atoms with E-state index in [-0.39, 0.29) is 17.1 Å². The molecule has 21 heavy (non-hydrogen) atoms. The smallest absolute Gasteiger partial charge is 0.419 e. The van der Waals surface area contributed by atoms with Crippen LogP contribution in [0.2, 0.25) is 5.02 Å². The van der Waals surface area contributed by atoms with E-state index in [0.29, 0.717) is 10.6 Å². The third-order valence-corrected chi connectivity index (χ3v) is 3.31. The van der Waals surface area contributed by atoms with E-state index in [4.69, 9.17) is 21.4 Å². The van der Waals surface area contributed by atoms with Crippen molar-refractivity contribution < 1.29 is 23.0 Å². The van der Waals surface area contributed by atoms with Gasteiger partial charge < -0.3 is 9.84 Å². The molecule has 0 fully saturated rings. The van der Waals surface area contributed by atoms with Crippen molar-refractivity contribution in [2.24, 2.45) is 0 Å². The minimum atomic E-state index is -4.57. The van der Waals surface area contributed by atoms with Crippen molar-refractivity contribution in [2.45, 2.75) is 19.7 Å². The molecule has 0 spiro atoms. The van der Waals surface area contributed by atoms with E-state index in [1.807, 2.05) is 0 Å². The molecule has 0 saturated carbocycles. The molecule has 0 aliphatic rings. The number of aryl methyl sites for hydroxylation is 1. The van der Waals surface area contributed by atoms with Crippen molar-refractivity contribution in [3.8, 4) is 11.5 Å². The Kier molecular flexibility index (Phi) is 4.44. The van der Waals surface area contributed by atoms with Crippen molar-refractivity contribution in [2.75, 3.05) is 0 Å². The molecule has 0 radical (unpaired) electrons. The van der Waals surface area contributed by atoms with Crippen LogP contribution in [0.15, 0.2) is 36.4 Å². The largest absolute Gasteiger partial charge is 0.457 e. The van der Waals surface area contributed by atoms with Gasteiger partial charge in [-0.15, -0.1) is 0 Å². The molecule has 0 atom stereocenters. The zero-order chi connectivity index (χ0) is 15.6. The Labute approximate surface area is 124 Å². The predicted octanol–water partition coefficient (Wildman–Crippen LogP) is 4.95. The fourth-order valence-electron chi connectivity index (χ4n) is 1.79. The second-order valence-electron chi connectivity index (χ2n) is 4.50. The van der Waals surface area contributed by atoms with Gasteiger partial charge in [-0.25, -0.2) is 0 Å².